The monoisotopic (exact) mass is 391 g/mol. The van der Waals surface area contributed by atoms with E-state index in [4.69, 9.17) is 9.51 Å². The Morgan fingerprint density at radius 3 is 2.66 bits per heavy atom. The van der Waals surface area contributed by atoms with Crippen molar-refractivity contribution in [2.45, 2.75) is 32.4 Å². The largest absolute Gasteiger partial charge is 0.334 e. The number of hydrogen-bond acceptors (Lipinski definition) is 5. The molecule has 1 aliphatic carbocycles. The number of halogens is 1. The molecular formula is C22H22FN5O. The van der Waals surface area contributed by atoms with Gasteiger partial charge in [0.25, 0.3) is 5.89 Å². The predicted octanol–water partition coefficient (Wildman–Crippen LogP) is 4.60. The normalized spacial score (nSPS) is 14.2. The van der Waals surface area contributed by atoms with E-state index in [1.54, 1.807) is 12.1 Å². The van der Waals surface area contributed by atoms with Crippen LogP contribution in [0, 0.1) is 12.7 Å². The first-order chi connectivity index (χ1) is 14.0. The fourth-order valence-corrected chi connectivity index (χ4v) is 3.78. The number of benzene rings is 2. The van der Waals surface area contributed by atoms with Gasteiger partial charge in [-0.05, 0) is 70.3 Å². The van der Waals surface area contributed by atoms with Crippen molar-refractivity contribution in [3.8, 4) is 22.8 Å². The lowest BCUT2D eigenvalue weighted by Crippen LogP contribution is -2.12. The van der Waals surface area contributed by atoms with Crippen LogP contribution >= 0.6 is 0 Å². The van der Waals surface area contributed by atoms with Crippen LogP contribution in [0.4, 0.5) is 4.39 Å². The van der Waals surface area contributed by atoms with Gasteiger partial charge in [-0.15, -0.1) is 0 Å². The van der Waals surface area contributed by atoms with Crippen molar-refractivity contribution in [1.82, 2.24) is 24.6 Å². The molecular weight excluding hydrogens is 369 g/mol. The zero-order chi connectivity index (χ0) is 20.1. The molecule has 2 heterocycles. The molecule has 4 aromatic rings. The molecule has 0 saturated heterocycles. The van der Waals surface area contributed by atoms with Crippen LogP contribution in [-0.4, -0.2) is 38.7 Å². The first kappa shape index (κ1) is 18.0. The highest BCUT2D eigenvalue weighted by Gasteiger charge is 2.27. The molecule has 0 spiro atoms. The number of fused-ring (bicyclic) bond motifs is 1. The van der Waals surface area contributed by atoms with E-state index in [0.29, 0.717) is 29.9 Å². The minimum absolute atomic E-state index is 0.238. The Morgan fingerprint density at radius 2 is 1.90 bits per heavy atom. The molecule has 1 fully saturated rings. The highest BCUT2D eigenvalue weighted by Crippen LogP contribution is 2.39. The van der Waals surface area contributed by atoms with Gasteiger partial charge in [0.15, 0.2) is 0 Å². The first-order valence-electron chi connectivity index (χ1n) is 9.76. The Hall–Kier alpha value is -3.06. The molecule has 0 atom stereocenters. The van der Waals surface area contributed by atoms with E-state index in [9.17, 15) is 4.39 Å². The maximum atomic E-state index is 14.1. The molecule has 0 aliphatic heterocycles. The summed E-state index contributed by atoms with van der Waals surface area (Å²) in [6, 6.07) is 11.5. The average molecular weight is 391 g/mol. The van der Waals surface area contributed by atoms with E-state index in [1.165, 1.54) is 18.9 Å². The lowest BCUT2D eigenvalue weighted by atomic mass is 10.1. The van der Waals surface area contributed by atoms with Crippen LogP contribution in [0.5, 0.6) is 0 Å². The van der Waals surface area contributed by atoms with Crippen LogP contribution < -0.4 is 0 Å². The molecule has 0 N–H and O–H groups in total. The molecule has 0 radical (unpaired) electrons. The smallest absolute Gasteiger partial charge is 0.258 e. The summed E-state index contributed by atoms with van der Waals surface area (Å²) >= 11 is 0. The summed E-state index contributed by atoms with van der Waals surface area (Å²) in [5.74, 6) is 1.67. The van der Waals surface area contributed by atoms with E-state index >= 15 is 0 Å². The van der Waals surface area contributed by atoms with Crippen molar-refractivity contribution >= 4 is 11.0 Å². The summed E-state index contributed by atoms with van der Waals surface area (Å²) in [7, 11) is 3.81. The second kappa shape index (κ2) is 6.77. The zero-order valence-corrected chi connectivity index (χ0v) is 16.7. The van der Waals surface area contributed by atoms with Gasteiger partial charge in [-0.1, -0.05) is 5.16 Å². The van der Waals surface area contributed by atoms with Gasteiger partial charge in [-0.25, -0.2) is 9.37 Å². The third-order valence-electron chi connectivity index (χ3n) is 5.24. The van der Waals surface area contributed by atoms with E-state index in [0.717, 1.165) is 28.0 Å². The third kappa shape index (κ3) is 3.31. The van der Waals surface area contributed by atoms with Crippen LogP contribution in [0.2, 0.25) is 0 Å². The third-order valence-corrected chi connectivity index (χ3v) is 5.24. The van der Waals surface area contributed by atoms with Crippen molar-refractivity contribution in [1.29, 1.82) is 0 Å². The van der Waals surface area contributed by atoms with Crippen molar-refractivity contribution in [3.63, 3.8) is 0 Å². The van der Waals surface area contributed by atoms with Gasteiger partial charge in [0.1, 0.15) is 11.6 Å². The number of nitrogens with zero attached hydrogens (tertiary/aromatic N) is 5. The minimum Gasteiger partial charge on any atom is -0.334 e. The SMILES string of the molecule is Cc1nc2cc(-c3nc(-c4ccc(F)c(CN(C)C)c4)no3)ccc2n1C1CC1. The van der Waals surface area contributed by atoms with Crippen molar-refractivity contribution in [3.05, 3.63) is 53.6 Å². The van der Waals surface area contributed by atoms with Crippen LogP contribution in [0.1, 0.15) is 30.3 Å². The predicted molar refractivity (Wildman–Crippen MR) is 109 cm³/mol. The number of aryl methyl sites for hydroxylation is 1. The summed E-state index contributed by atoms with van der Waals surface area (Å²) < 4.78 is 21.9. The highest BCUT2D eigenvalue weighted by atomic mass is 19.1. The molecule has 148 valence electrons. The van der Waals surface area contributed by atoms with Gasteiger partial charge in [-0.2, -0.15) is 4.98 Å². The lowest BCUT2D eigenvalue weighted by molar-refractivity contribution is 0.392. The van der Waals surface area contributed by atoms with Gasteiger partial charge in [0.05, 0.1) is 11.0 Å². The van der Waals surface area contributed by atoms with Crippen LogP contribution in [-0.2, 0) is 6.54 Å². The molecule has 2 aromatic heterocycles. The molecule has 0 unspecified atom stereocenters. The van der Waals surface area contributed by atoms with Gasteiger partial charge >= 0.3 is 0 Å². The highest BCUT2D eigenvalue weighted by molar-refractivity contribution is 5.81. The van der Waals surface area contributed by atoms with Gasteiger partial charge < -0.3 is 14.0 Å². The molecule has 2 aromatic carbocycles. The Balaban J connectivity index is 1.48. The number of hydrogen-bond donors (Lipinski definition) is 0. The Bertz CT molecular complexity index is 1210. The van der Waals surface area contributed by atoms with E-state index in [2.05, 4.69) is 20.8 Å². The molecule has 29 heavy (non-hydrogen) atoms. The van der Waals surface area contributed by atoms with Crippen LogP contribution in [0.15, 0.2) is 40.9 Å². The van der Waals surface area contributed by atoms with Gasteiger partial charge in [0, 0.05) is 29.3 Å². The van der Waals surface area contributed by atoms with E-state index in [-0.39, 0.29) is 5.82 Å². The Morgan fingerprint density at radius 1 is 1.10 bits per heavy atom. The van der Waals surface area contributed by atoms with Crippen molar-refractivity contribution < 1.29 is 8.91 Å². The van der Waals surface area contributed by atoms with Crippen LogP contribution in [0.3, 0.4) is 0 Å². The first-order valence-corrected chi connectivity index (χ1v) is 9.76. The zero-order valence-electron chi connectivity index (χ0n) is 16.7. The summed E-state index contributed by atoms with van der Waals surface area (Å²) in [6.07, 6.45) is 2.43. The molecule has 1 aliphatic rings. The lowest BCUT2D eigenvalue weighted by Gasteiger charge is -2.11. The van der Waals surface area contributed by atoms with E-state index in [1.807, 2.05) is 38.1 Å². The van der Waals surface area contributed by atoms with Gasteiger partial charge in [-0.3, -0.25) is 0 Å². The maximum Gasteiger partial charge on any atom is 0.258 e. The number of rotatable bonds is 5. The standard InChI is InChI=1S/C22H22FN5O/c1-13-24-19-11-15(5-9-20(19)28(13)17-6-7-17)22-25-21(26-29-22)14-4-8-18(23)16(10-14)12-27(2)3/h4-5,8-11,17H,6-7,12H2,1-3H3. The fourth-order valence-electron chi connectivity index (χ4n) is 3.78. The fraction of sp³-hybridized carbons (Fsp3) is 0.318. The number of imidazole rings is 1. The summed E-state index contributed by atoms with van der Waals surface area (Å²) in [5.41, 5.74) is 4.23. The molecule has 0 amide bonds. The van der Waals surface area contributed by atoms with Gasteiger partial charge in [0.2, 0.25) is 5.82 Å². The Kier molecular flexibility index (Phi) is 4.20. The van der Waals surface area contributed by atoms with E-state index < -0.39 is 0 Å². The molecule has 1 saturated carbocycles. The maximum absolute atomic E-state index is 14.1. The minimum atomic E-state index is -0.238. The topological polar surface area (TPSA) is 60.0 Å². The molecule has 6 nitrogen and oxygen atoms in total. The van der Waals surface area contributed by atoms with Crippen molar-refractivity contribution in [2.24, 2.45) is 0 Å². The average Bonchev–Trinajstić information content (AvgIpc) is 3.28. The molecule has 0 bridgehead atoms. The second-order valence-electron chi connectivity index (χ2n) is 7.93. The van der Waals surface area contributed by atoms with Crippen LogP contribution in [0.25, 0.3) is 33.9 Å². The quantitative estimate of drug-likeness (QED) is 0.498. The summed E-state index contributed by atoms with van der Waals surface area (Å²) in [5, 5.41) is 4.11. The number of aromatic nitrogens is 4. The second-order valence-corrected chi connectivity index (χ2v) is 7.93. The molecule has 5 rings (SSSR count). The summed E-state index contributed by atoms with van der Waals surface area (Å²) in [6.45, 7) is 2.55. The Labute approximate surface area is 168 Å². The molecule has 7 heteroatoms. The summed E-state index contributed by atoms with van der Waals surface area (Å²) in [4.78, 5) is 11.2. The van der Waals surface area contributed by atoms with Crippen molar-refractivity contribution in [2.75, 3.05) is 14.1 Å².